The Bertz CT molecular complexity index is 328. The summed E-state index contributed by atoms with van der Waals surface area (Å²) in [6.07, 6.45) is 3.93. The van der Waals surface area contributed by atoms with Crippen LogP contribution in [0.5, 0.6) is 0 Å². The van der Waals surface area contributed by atoms with Gasteiger partial charge in [-0.2, -0.15) is 5.26 Å². The van der Waals surface area contributed by atoms with Gasteiger partial charge in [0.15, 0.2) is 0 Å². The largest absolute Gasteiger partial charge is 0.394 e. The number of aromatic nitrogens is 1. The maximum atomic E-state index is 8.99. The van der Waals surface area contributed by atoms with Crippen LogP contribution in [0.15, 0.2) is 18.5 Å². The maximum absolute atomic E-state index is 8.99. The van der Waals surface area contributed by atoms with Crippen LogP contribution < -0.4 is 5.32 Å². The SMILES string of the molecule is CC[C@@H](CO)Nc1ccncc1C#N. The minimum Gasteiger partial charge on any atom is -0.394 e. The fourth-order valence-electron chi connectivity index (χ4n) is 1.11. The Morgan fingerprint density at radius 2 is 2.50 bits per heavy atom. The second-order valence-electron chi connectivity index (χ2n) is 2.97. The van der Waals surface area contributed by atoms with Crippen molar-refractivity contribution in [3.05, 3.63) is 24.0 Å². The third kappa shape index (κ3) is 2.44. The lowest BCUT2D eigenvalue weighted by molar-refractivity contribution is 0.272. The summed E-state index contributed by atoms with van der Waals surface area (Å²) in [7, 11) is 0. The van der Waals surface area contributed by atoms with E-state index in [9.17, 15) is 0 Å². The average Bonchev–Trinajstić information content (AvgIpc) is 2.26. The normalized spacial score (nSPS) is 11.8. The van der Waals surface area contributed by atoms with Gasteiger partial charge in [-0.1, -0.05) is 6.92 Å². The van der Waals surface area contributed by atoms with Crippen LogP contribution in [0.1, 0.15) is 18.9 Å². The Labute approximate surface area is 83.2 Å². The summed E-state index contributed by atoms with van der Waals surface area (Å²) >= 11 is 0. The van der Waals surface area contributed by atoms with Crippen LogP contribution in [0.2, 0.25) is 0 Å². The molecule has 1 heterocycles. The number of pyridine rings is 1. The molecule has 74 valence electrons. The molecule has 0 amide bonds. The van der Waals surface area contributed by atoms with Crippen LogP contribution in [0.3, 0.4) is 0 Å². The molecule has 0 saturated heterocycles. The molecule has 14 heavy (non-hydrogen) atoms. The molecule has 0 fully saturated rings. The number of rotatable bonds is 4. The quantitative estimate of drug-likeness (QED) is 0.748. The summed E-state index contributed by atoms with van der Waals surface area (Å²) in [5.74, 6) is 0. The van der Waals surface area contributed by atoms with E-state index in [2.05, 4.69) is 10.3 Å². The fraction of sp³-hybridized carbons (Fsp3) is 0.400. The van der Waals surface area contributed by atoms with Gasteiger partial charge in [0, 0.05) is 18.4 Å². The zero-order chi connectivity index (χ0) is 10.4. The third-order valence-electron chi connectivity index (χ3n) is 2.01. The van der Waals surface area contributed by atoms with E-state index in [1.807, 2.05) is 13.0 Å². The Hall–Kier alpha value is -1.60. The monoisotopic (exact) mass is 191 g/mol. The van der Waals surface area contributed by atoms with E-state index in [0.717, 1.165) is 12.1 Å². The summed E-state index contributed by atoms with van der Waals surface area (Å²) in [5.41, 5.74) is 1.22. The lowest BCUT2D eigenvalue weighted by Gasteiger charge is -2.15. The van der Waals surface area contributed by atoms with Crippen molar-refractivity contribution < 1.29 is 5.11 Å². The Kier molecular flexibility index (Phi) is 3.89. The number of hydrogen-bond donors (Lipinski definition) is 2. The van der Waals surface area contributed by atoms with Crippen molar-refractivity contribution in [2.45, 2.75) is 19.4 Å². The van der Waals surface area contributed by atoms with E-state index in [0.29, 0.717) is 5.56 Å². The number of hydrogen-bond acceptors (Lipinski definition) is 4. The van der Waals surface area contributed by atoms with Gasteiger partial charge >= 0.3 is 0 Å². The van der Waals surface area contributed by atoms with Gasteiger partial charge in [-0.05, 0) is 12.5 Å². The van der Waals surface area contributed by atoms with Crippen LogP contribution in [0, 0.1) is 11.3 Å². The molecule has 0 aliphatic carbocycles. The van der Waals surface area contributed by atoms with Gasteiger partial charge < -0.3 is 10.4 Å². The van der Waals surface area contributed by atoms with Crippen molar-refractivity contribution in [1.82, 2.24) is 4.98 Å². The van der Waals surface area contributed by atoms with E-state index in [4.69, 9.17) is 10.4 Å². The predicted molar refractivity (Wildman–Crippen MR) is 53.7 cm³/mol. The lowest BCUT2D eigenvalue weighted by Crippen LogP contribution is -2.23. The van der Waals surface area contributed by atoms with Gasteiger partial charge in [0.2, 0.25) is 0 Å². The van der Waals surface area contributed by atoms with Crippen molar-refractivity contribution in [1.29, 1.82) is 5.26 Å². The van der Waals surface area contributed by atoms with Crippen LogP contribution in [-0.4, -0.2) is 22.7 Å². The number of anilines is 1. The molecule has 0 radical (unpaired) electrons. The Morgan fingerprint density at radius 3 is 3.07 bits per heavy atom. The maximum Gasteiger partial charge on any atom is 0.103 e. The highest BCUT2D eigenvalue weighted by atomic mass is 16.3. The summed E-state index contributed by atoms with van der Waals surface area (Å²) in [5, 5.41) is 20.9. The molecule has 0 saturated carbocycles. The minimum absolute atomic E-state index is 0.00972. The smallest absolute Gasteiger partial charge is 0.103 e. The van der Waals surface area contributed by atoms with E-state index >= 15 is 0 Å². The van der Waals surface area contributed by atoms with Crippen LogP contribution in [0.4, 0.5) is 5.69 Å². The molecule has 0 aliphatic heterocycles. The molecule has 1 atom stereocenters. The van der Waals surface area contributed by atoms with Gasteiger partial charge in [0.1, 0.15) is 6.07 Å². The van der Waals surface area contributed by atoms with Crippen molar-refractivity contribution >= 4 is 5.69 Å². The fourth-order valence-corrected chi connectivity index (χ4v) is 1.11. The first-order valence-electron chi connectivity index (χ1n) is 4.53. The lowest BCUT2D eigenvalue weighted by atomic mass is 10.2. The first-order valence-corrected chi connectivity index (χ1v) is 4.53. The second-order valence-corrected chi connectivity index (χ2v) is 2.97. The highest BCUT2D eigenvalue weighted by Gasteiger charge is 2.06. The first-order chi connectivity index (χ1) is 6.81. The third-order valence-corrected chi connectivity index (χ3v) is 2.01. The highest BCUT2D eigenvalue weighted by molar-refractivity contribution is 5.56. The number of aliphatic hydroxyl groups excluding tert-OH is 1. The molecule has 0 aromatic carbocycles. The predicted octanol–water partition coefficient (Wildman–Crippen LogP) is 1.14. The van der Waals surface area contributed by atoms with Gasteiger partial charge in [-0.3, -0.25) is 4.98 Å². The topological polar surface area (TPSA) is 68.9 Å². The van der Waals surface area contributed by atoms with Crippen molar-refractivity contribution in [3.8, 4) is 6.07 Å². The molecular formula is C10H13N3O. The molecule has 2 N–H and O–H groups in total. The molecule has 4 nitrogen and oxygen atoms in total. The average molecular weight is 191 g/mol. The molecule has 0 unspecified atom stereocenters. The van der Waals surface area contributed by atoms with E-state index in [-0.39, 0.29) is 12.6 Å². The number of aliphatic hydroxyl groups is 1. The van der Waals surface area contributed by atoms with Crippen LogP contribution >= 0.6 is 0 Å². The van der Waals surface area contributed by atoms with Gasteiger partial charge in [-0.25, -0.2) is 0 Å². The Balaban J connectivity index is 2.80. The van der Waals surface area contributed by atoms with E-state index in [1.54, 1.807) is 12.3 Å². The van der Waals surface area contributed by atoms with Crippen molar-refractivity contribution in [2.24, 2.45) is 0 Å². The van der Waals surface area contributed by atoms with Gasteiger partial charge in [0.05, 0.1) is 17.9 Å². The standard InChI is InChI=1S/C10H13N3O/c1-2-9(7-14)13-10-3-4-12-6-8(10)5-11/h3-4,6,9,14H,2,7H2,1H3,(H,12,13)/t9-/m0/s1. The summed E-state index contributed by atoms with van der Waals surface area (Å²) in [6, 6.07) is 3.77. The Morgan fingerprint density at radius 1 is 1.71 bits per heavy atom. The van der Waals surface area contributed by atoms with Gasteiger partial charge in [0.25, 0.3) is 0 Å². The summed E-state index contributed by atoms with van der Waals surface area (Å²) < 4.78 is 0. The summed E-state index contributed by atoms with van der Waals surface area (Å²) in [6.45, 7) is 2.03. The summed E-state index contributed by atoms with van der Waals surface area (Å²) in [4.78, 5) is 3.85. The zero-order valence-electron chi connectivity index (χ0n) is 8.07. The molecule has 4 heteroatoms. The van der Waals surface area contributed by atoms with Crippen LogP contribution in [-0.2, 0) is 0 Å². The molecule has 0 spiro atoms. The van der Waals surface area contributed by atoms with Crippen LogP contribution in [0.25, 0.3) is 0 Å². The van der Waals surface area contributed by atoms with E-state index < -0.39 is 0 Å². The zero-order valence-corrected chi connectivity index (χ0v) is 8.07. The number of nitrogens with one attached hydrogen (secondary N) is 1. The molecule has 1 aromatic heterocycles. The molecular weight excluding hydrogens is 178 g/mol. The molecule has 0 bridgehead atoms. The van der Waals surface area contributed by atoms with Crippen molar-refractivity contribution in [2.75, 3.05) is 11.9 Å². The number of nitriles is 1. The molecule has 1 aromatic rings. The van der Waals surface area contributed by atoms with Gasteiger partial charge in [-0.15, -0.1) is 0 Å². The van der Waals surface area contributed by atoms with Crippen molar-refractivity contribution in [3.63, 3.8) is 0 Å². The number of nitrogens with zero attached hydrogens (tertiary/aromatic N) is 2. The second kappa shape index (κ2) is 5.20. The minimum atomic E-state index is -0.00972. The first kappa shape index (κ1) is 10.5. The molecule has 0 aliphatic rings. The molecule has 1 rings (SSSR count). The highest BCUT2D eigenvalue weighted by Crippen LogP contribution is 2.13. The van der Waals surface area contributed by atoms with E-state index in [1.165, 1.54) is 6.20 Å².